The molecular formula is C18H19NO7S. The van der Waals surface area contributed by atoms with Crippen LogP contribution in [0.3, 0.4) is 0 Å². The molecule has 0 radical (unpaired) electrons. The van der Waals surface area contributed by atoms with Crippen molar-refractivity contribution in [3.8, 4) is 11.5 Å². The van der Waals surface area contributed by atoms with Crippen LogP contribution >= 0.6 is 0 Å². The van der Waals surface area contributed by atoms with Crippen molar-refractivity contribution in [3.63, 3.8) is 0 Å². The van der Waals surface area contributed by atoms with Gasteiger partial charge in [-0.3, -0.25) is 9.52 Å². The highest BCUT2D eigenvalue weighted by Crippen LogP contribution is 2.31. The second-order valence-electron chi connectivity index (χ2n) is 5.49. The molecule has 0 aromatic heterocycles. The van der Waals surface area contributed by atoms with Crippen molar-refractivity contribution in [3.05, 3.63) is 53.6 Å². The van der Waals surface area contributed by atoms with Gasteiger partial charge in [0.05, 0.1) is 20.5 Å². The molecule has 8 nitrogen and oxygen atoms in total. The lowest BCUT2D eigenvalue weighted by Crippen LogP contribution is -2.15. The molecule has 1 N–H and O–H groups in total. The van der Waals surface area contributed by atoms with Gasteiger partial charge in [0.2, 0.25) is 10.0 Å². The maximum absolute atomic E-state index is 12.3. The Balaban J connectivity index is 2.04. The maximum Gasteiger partial charge on any atom is 0.342 e. The zero-order valence-electron chi connectivity index (χ0n) is 15.0. The zero-order valence-corrected chi connectivity index (χ0v) is 15.8. The van der Waals surface area contributed by atoms with Crippen LogP contribution in [0, 0.1) is 0 Å². The Morgan fingerprint density at radius 2 is 1.67 bits per heavy atom. The first kappa shape index (κ1) is 20.2. The number of hydrogen-bond donors (Lipinski definition) is 1. The van der Waals surface area contributed by atoms with Crippen LogP contribution in [0.25, 0.3) is 0 Å². The number of para-hydroxylation sites is 1. The molecule has 2 aromatic carbocycles. The van der Waals surface area contributed by atoms with Gasteiger partial charge in [0.25, 0.3) is 0 Å². The third kappa shape index (κ3) is 5.45. The Labute approximate surface area is 157 Å². The van der Waals surface area contributed by atoms with Crippen molar-refractivity contribution < 1.29 is 32.2 Å². The van der Waals surface area contributed by atoms with Gasteiger partial charge in [-0.15, -0.1) is 0 Å². The van der Waals surface area contributed by atoms with Gasteiger partial charge in [0, 0.05) is 11.3 Å². The van der Waals surface area contributed by atoms with Crippen molar-refractivity contribution in [1.82, 2.24) is 0 Å². The molecule has 0 fully saturated rings. The minimum absolute atomic E-state index is 0.136. The molecule has 9 heteroatoms. The van der Waals surface area contributed by atoms with Gasteiger partial charge in [-0.25, -0.2) is 13.2 Å². The van der Waals surface area contributed by atoms with Crippen LogP contribution in [0.15, 0.2) is 42.5 Å². The standard InChI is InChI=1S/C18H19NO7S/c1-24-16-6-4-5-14(17(16)25-2)18(21)26-11-15(20)12-7-9-13(10-8-12)19-27(3,22)23/h4-10,19H,11H2,1-3H3. The largest absolute Gasteiger partial charge is 0.493 e. The summed E-state index contributed by atoms with van der Waals surface area (Å²) in [6.45, 7) is -0.474. The number of sulfonamides is 1. The number of benzene rings is 2. The molecule has 0 amide bonds. The summed E-state index contributed by atoms with van der Waals surface area (Å²) in [4.78, 5) is 24.4. The third-order valence-electron chi connectivity index (χ3n) is 3.47. The maximum atomic E-state index is 12.3. The minimum Gasteiger partial charge on any atom is -0.493 e. The highest BCUT2D eigenvalue weighted by atomic mass is 32.2. The number of methoxy groups -OCH3 is 2. The molecule has 0 atom stereocenters. The number of rotatable bonds is 8. The van der Waals surface area contributed by atoms with Crippen LogP contribution < -0.4 is 14.2 Å². The second kappa shape index (κ2) is 8.54. The fourth-order valence-electron chi connectivity index (χ4n) is 2.28. The number of ketones is 1. The van der Waals surface area contributed by atoms with Gasteiger partial charge >= 0.3 is 5.97 Å². The molecule has 0 bridgehead atoms. The quantitative estimate of drug-likeness (QED) is 0.540. The highest BCUT2D eigenvalue weighted by Gasteiger charge is 2.19. The van der Waals surface area contributed by atoms with Gasteiger partial charge in [-0.05, 0) is 36.4 Å². The van der Waals surface area contributed by atoms with E-state index >= 15 is 0 Å². The Bertz CT molecular complexity index is 937. The first-order valence-corrected chi connectivity index (χ1v) is 9.63. The van der Waals surface area contributed by atoms with E-state index in [4.69, 9.17) is 14.2 Å². The van der Waals surface area contributed by atoms with E-state index < -0.39 is 28.4 Å². The molecule has 0 aliphatic carbocycles. The van der Waals surface area contributed by atoms with Gasteiger partial charge in [0.1, 0.15) is 5.56 Å². The molecule has 0 heterocycles. The van der Waals surface area contributed by atoms with Crippen LogP contribution in [0.5, 0.6) is 11.5 Å². The fraction of sp³-hybridized carbons (Fsp3) is 0.222. The van der Waals surface area contributed by atoms with E-state index in [2.05, 4.69) is 4.72 Å². The summed E-state index contributed by atoms with van der Waals surface area (Å²) in [5.74, 6) is -0.577. The number of carbonyl (C=O) groups excluding carboxylic acids is 2. The van der Waals surface area contributed by atoms with Gasteiger partial charge in [-0.2, -0.15) is 0 Å². The number of carbonyl (C=O) groups is 2. The van der Waals surface area contributed by atoms with E-state index in [1.54, 1.807) is 12.1 Å². The Morgan fingerprint density at radius 1 is 1.00 bits per heavy atom. The average Bonchev–Trinajstić information content (AvgIpc) is 2.64. The number of Topliss-reactive ketones (excluding diaryl/α,β-unsaturated/α-hetero) is 1. The first-order chi connectivity index (χ1) is 12.7. The lowest BCUT2D eigenvalue weighted by molar-refractivity contribution is 0.0471. The molecule has 2 rings (SSSR count). The summed E-state index contributed by atoms with van der Waals surface area (Å²) in [5.41, 5.74) is 0.740. The number of ether oxygens (including phenoxy) is 3. The van der Waals surface area contributed by atoms with Crippen molar-refractivity contribution >= 4 is 27.5 Å². The van der Waals surface area contributed by atoms with Crippen LogP contribution in [-0.2, 0) is 14.8 Å². The van der Waals surface area contributed by atoms with Crippen LogP contribution in [-0.4, -0.2) is 47.3 Å². The molecule has 0 aliphatic heterocycles. The van der Waals surface area contributed by atoms with E-state index in [0.717, 1.165) is 6.26 Å². The van der Waals surface area contributed by atoms with E-state index in [1.165, 1.54) is 44.6 Å². The summed E-state index contributed by atoms with van der Waals surface area (Å²) >= 11 is 0. The predicted octanol–water partition coefficient (Wildman–Crippen LogP) is 2.12. The summed E-state index contributed by atoms with van der Waals surface area (Å²) in [5, 5.41) is 0. The molecular weight excluding hydrogens is 374 g/mol. The van der Waals surface area contributed by atoms with Crippen molar-refractivity contribution in [2.75, 3.05) is 31.8 Å². The second-order valence-corrected chi connectivity index (χ2v) is 7.24. The van der Waals surface area contributed by atoms with E-state index in [-0.39, 0.29) is 16.9 Å². The first-order valence-electron chi connectivity index (χ1n) is 7.74. The van der Waals surface area contributed by atoms with Gasteiger partial charge in [-0.1, -0.05) is 6.07 Å². The van der Waals surface area contributed by atoms with Crippen molar-refractivity contribution in [1.29, 1.82) is 0 Å². The molecule has 2 aromatic rings. The molecule has 27 heavy (non-hydrogen) atoms. The summed E-state index contributed by atoms with van der Waals surface area (Å²) in [6.07, 6.45) is 1.03. The Kier molecular flexibility index (Phi) is 6.40. The molecule has 0 saturated heterocycles. The average molecular weight is 393 g/mol. The van der Waals surface area contributed by atoms with Crippen LogP contribution in [0.1, 0.15) is 20.7 Å². The summed E-state index contributed by atoms with van der Waals surface area (Å²) in [6, 6.07) is 10.5. The van der Waals surface area contributed by atoms with Crippen LogP contribution in [0.4, 0.5) is 5.69 Å². The van der Waals surface area contributed by atoms with Crippen LogP contribution in [0.2, 0.25) is 0 Å². The topological polar surface area (TPSA) is 108 Å². The molecule has 0 aliphatic rings. The molecule has 0 spiro atoms. The monoisotopic (exact) mass is 393 g/mol. The van der Waals surface area contributed by atoms with Crippen molar-refractivity contribution in [2.45, 2.75) is 0 Å². The number of anilines is 1. The smallest absolute Gasteiger partial charge is 0.342 e. The van der Waals surface area contributed by atoms with E-state index in [9.17, 15) is 18.0 Å². The number of esters is 1. The third-order valence-corrected chi connectivity index (χ3v) is 4.07. The Morgan fingerprint density at radius 3 is 2.22 bits per heavy atom. The zero-order chi connectivity index (χ0) is 20.0. The SMILES string of the molecule is COc1cccc(C(=O)OCC(=O)c2ccc(NS(C)(=O)=O)cc2)c1OC. The fourth-order valence-corrected chi connectivity index (χ4v) is 2.84. The lowest BCUT2D eigenvalue weighted by atomic mass is 10.1. The van der Waals surface area contributed by atoms with E-state index in [1.807, 2.05) is 0 Å². The lowest BCUT2D eigenvalue weighted by Gasteiger charge is -2.12. The summed E-state index contributed by atoms with van der Waals surface area (Å²) < 4.78 is 40.0. The van der Waals surface area contributed by atoms with Gasteiger partial charge < -0.3 is 14.2 Å². The highest BCUT2D eigenvalue weighted by molar-refractivity contribution is 7.92. The minimum atomic E-state index is -3.40. The molecule has 144 valence electrons. The number of hydrogen-bond acceptors (Lipinski definition) is 7. The van der Waals surface area contributed by atoms with Crippen molar-refractivity contribution in [2.24, 2.45) is 0 Å². The molecule has 0 saturated carbocycles. The number of nitrogens with one attached hydrogen (secondary N) is 1. The van der Waals surface area contributed by atoms with Gasteiger partial charge in [0.15, 0.2) is 23.9 Å². The normalized spacial score (nSPS) is 10.8. The molecule has 0 unspecified atom stereocenters. The Hall–Kier alpha value is -3.07. The predicted molar refractivity (Wildman–Crippen MR) is 99.1 cm³/mol. The van der Waals surface area contributed by atoms with E-state index in [0.29, 0.717) is 11.4 Å². The summed E-state index contributed by atoms with van der Waals surface area (Å²) in [7, 11) is -0.563.